The molecule has 0 aliphatic carbocycles. The van der Waals surface area contributed by atoms with Crippen molar-refractivity contribution >= 4 is 5.69 Å². The van der Waals surface area contributed by atoms with Gasteiger partial charge in [0.25, 0.3) is 0 Å². The zero-order valence-corrected chi connectivity index (χ0v) is 10.5. The van der Waals surface area contributed by atoms with E-state index >= 15 is 0 Å². The van der Waals surface area contributed by atoms with E-state index in [1.807, 2.05) is 37.3 Å². The average Bonchev–Trinajstić information content (AvgIpc) is 2.98. The fourth-order valence-electron chi connectivity index (χ4n) is 1.93. The van der Waals surface area contributed by atoms with E-state index in [1.54, 1.807) is 6.26 Å². The van der Waals surface area contributed by atoms with Crippen LogP contribution in [0.3, 0.4) is 0 Å². The molecule has 5 heteroatoms. The highest BCUT2D eigenvalue weighted by Gasteiger charge is 2.12. The minimum Gasteiger partial charge on any atom is -0.469 e. The van der Waals surface area contributed by atoms with Crippen LogP contribution in [-0.2, 0) is 6.42 Å². The van der Waals surface area contributed by atoms with Gasteiger partial charge in [-0.05, 0) is 30.7 Å². The lowest BCUT2D eigenvalue weighted by molar-refractivity contribution is 0.385. The number of hydrogen-bond acceptors (Lipinski definition) is 5. The molecule has 1 aromatic carbocycles. The van der Waals surface area contributed by atoms with Crippen LogP contribution >= 0.6 is 0 Å². The predicted octanol–water partition coefficient (Wildman–Crippen LogP) is 2.81. The molecule has 0 fully saturated rings. The second-order valence-corrected chi connectivity index (χ2v) is 4.32. The van der Waals surface area contributed by atoms with Gasteiger partial charge in [0.1, 0.15) is 5.76 Å². The molecule has 0 aliphatic rings. The van der Waals surface area contributed by atoms with Crippen LogP contribution in [0, 0.1) is 6.92 Å². The smallest absolute Gasteiger partial charge is 0.231 e. The van der Waals surface area contributed by atoms with Crippen molar-refractivity contribution in [1.29, 1.82) is 0 Å². The Morgan fingerprint density at radius 3 is 2.89 bits per heavy atom. The molecule has 2 heterocycles. The molecule has 0 spiro atoms. The Balaban J connectivity index is 1.84. The SMILES string of the molecule is Cc1occc1-c1noc(Cc2cccc(N)c2)n1. The van der Waals surface area contributed by atoms with Crippen LogP contribution in [0.2, 0.25) is 0 Å². The van der Waals surface area contributed by atoms with Crippen molar-refractivity contribution in [3.8, 4) is 11.4 Å². The number of hydrogen-bond donors (Lipinski definition) is 1. The Labute approximate surface area is 110 Å². The fourth-order valence-corrected chi connectivity index (χ4v) is 1.93. The summed E-state index contributed by atoms with van der Waals surface area (Å²) in [4.78, 5) is 4.36. The first kappa shape index (κ1) is 11.5. The molecule has 96 valence electrons. The van der Waals surface area contributed by atoms with Crippen molar-refractivity contribution in [3.05, 3.63) is 53.8 Å². The van der Waals surface area contributed by atoms with E-state index in [2.05, 4.69) is 10.1 Å². The molecule has 0 saturated carbocycles. The summed E-state index contributed by atoms with van der Waals surface area (Å²) in [7, 11) is 0. The van der Waals surface area contributed by atoms with E-state index in [1.165, 1.54) is 0 Å². The van der Waals surface area contributed by atoms with Crippen LogP contribution < -0.4 is 5.73 Å². The normalized spacial score (nSPS) is 10.8. The van der Waals surface area contributed by atoms with Crippen LogP contribution in [0.5, 0.6) is 0 Å². The number of aromatic nitrogens is 2. The Kier molecular flexibility index (Phi) is 2.79. The molecule has 3 aromatic rings. The average molecular weight is 255 g/mol. The van der Waals surface area contributed by atoms with Crippen LogP contribution in [0.25, 0.3) is 11.4 Å². The monoisotopic (exact) mass is 255 g/mol. The standard InChI is InChI=1S/C14H13N3O2/c1-9-12(5-6-18-9)14-16-13(19-17-14)8-10-3-2-4-11(15)7-10/h2-7H,8,15H2,1H3. The second-order valence-electron chi connectivity index (χ2n) is 4.32. The van der Waals surface area contributed by atoms with Crippen LogP contribution in [0.15, 0.2) is 45.5 Å². The summed E-state index contributed by atoms with van der Waals surface area (Å²) in [5, 5.41) is 3.96. The minimum atomic E-state index is 0.546. The number of nitrogens with two attached hydrogens (primary N) is 1. The first-order valence-corrected chi connectivity index (χ1v) is 5.94. The van der Waals surface area contributed by atoms with Gasteiger partial charge in [0.15, 0.2) is 0 Å². The Bertz CT molecular complexity index is 700. The van der Waals surface area contributed by atoms with Crippen molar-refractivity contribution in [3.63, 3.8) is 0 Å². The summed E-state index contributed by atoms with van der Waals surface area (Å²) in [5.41, 5.74) is 8.35. The zero-order valence-electron chi connectivity index (χ0n) is 10.5. The highest BCUT2D eigenvalue weighted by Crippen LogP contribution is 2.22. The molecule has 19 heavy (non-hydrogen) atoms. The first-order valence-electron chi connectivity index (χ1n) is 5.94. The number of aryl methyl sites for hydroxylation is 1. The largest absolute Gasteiger partial charge is 0.469 e. The van der Waals surface area contributed by atoms with Crippen molar-refractivity contribution < 1.29 is 8.94 Å². The maximum atomic E-state index is 5.74. The lowest BCUT2D eigenvalue weighted by Gasteiger charge is -1.97. The number of nitrogen functional groups attached to an aromatic ring is 1. The van der Waals surface area contributed by atoms with E-state index in [9.17, 15) is 0 Å². The van der Waals surface area contributed by atoms with Gasteiger partial charge in [-0.2, -0.15) is 4.98 Å². The molecule has 0 aliphatic heterocycles. The predicted molar refractivity (Wildman–Crippen MR) is 70.4 cm³/mol. The summed E-state index contributed by atoms with van der Waals surface area (Å²) >= 11 is 0. The van der Waals surface area contributed by atoms with E-state index < -0.39 is 0 Å². The molecular formula is C14H13N3O2. The molecule has 2 aromatic heterocycles. The summed E-state index contributed by atoms with van der Waals surface area (Å²) in [6.45, 7) is 1.86. The fraction of sp³-hybridized carbons (Fsp3) is 0.143. The van der Waals surface area contributed by atoms with Gasteiger partial charge in [-0.1, -0.05) is 17.3 Å². The maximum Gasteiger partial charge on any atom is 0.231 e. The highest BCUT2D eigenvalue weighted by atomic mass is 16.5. The molecule has 3 rings (SSSR count). The summed E-state index contributed by atoms with van der Waals surface area (Å²) in [6, 6.07) is 9.44. The van der Waals surface area contributed by atoms with E-state index in [-0.39, 0.29) is 0 Å². The number of nitrogens with zero attached hydrogens (tertiary/aromatic N) is 2. The highest BCUT2D eigenvalue weighted by molar-refractivity contribution is 5.56. The van der Waals surface area contributed by atoms with Crippen molar-refractivity contribution in [2.75, 3.05) is 5.73 Å². The summed E-state index contributed by atoms with van der Waals surface area (Å²) in [6.07, 6.45) is 2.17. The Morgan fingerprint density at radius 1 is 1.26 bits per heavy atom. The van der Waals surface area contributed by atoms with Gasteiger partial charge in [0.2, 0.25) is 11.7 Å². The molecule has 0 amide bonds. The van der Waals surface area contributed by atoms with Gasteiger partial charge in [0, 0.05) is 5.69 Å². The third-order valence-corrected chi connectivity index (χ3v) is 2.87. The lowest BCUT2D eigenvalue weighted by atomic mass is 10.1. The number of anilines is 1. The molecule has 0 saturated heterocycles. The van der Waals surface area contributed by atoms with Gasteiger partial charge in [-0.3, -0.25) is 0 Å². The van der Waals surface area contributed by atoms with Gasteiger partial charge >= 0.3 is 0 Å². The molecule has 0 radical (unpaired) electrons. The number of benzene rings is 1. The maximum absolute atomic E-state index is 5.74. The third-order valence-electron chi connectivity index (χ3n) is 2.87. The summed E-state index contributed by atoms with van der Waals surface area (Å²) < 4.78 is 10.5. The van der Waals surface area contributed by atoms with Crippen molar-refractivity contribution in [2.45, 2.75) is 13.3 Å². The molecule has 5 nitrogen and oxygen atoms in total. The lowest BCUT2D eigenvalue weighted by Crippen LogP contribution is -1.91. The second kappa shape index (κ2) is 4.61. The van der Waals surface area contributed by atoms with Gasteiger partial charge < -0.3 is 14.7 Å². The van der Waals surface area contributed by atoms with Crippen molar-refractivity contribution in [1.82, 2.24) is 10.1 Å². The zero-order chi connectivity index (χ0) is 13.2. The number of rotatable bonds is 3. The Hall–Kier alpha value is -2.56. The van der Waals surface area contributed by atoms with Crippen molar-refractivity contribution in [2.24, 2.45) is 0 Å². The van der Waals surface area contributed by atoms with E-state index in [0.29, 0.717) is 18.1 Å². The molecule has 0 bridgehead atoms. The quantitative estimate of drug-likeness (QED) is 0.728. The summed E-state index contributed by atoms with van der Waals surface area (Å²) in [5.74, 6) is 1.88. The molecule has 2 N–H and O–H groups in total. The first-order chi connectivity index (χ1) is 9.22. The van der Waals surface area contributed by atoms with Gasteiger partial charge in [-0.25, -0.2) is 0 Å². The van der Waals surface area contributed by atoms with Crippen LogP contribution in [0.4, 0.5) is 5.69 Å². The number of furan rings is 1. The van der Waals surface area contributed by atoms with E-state index in [4.69, 9.17) is 14.7 Å². The Morgan fingerprint density at radius 2 is 2.16 bits per heavy atom. The molecule has 0 atom stereocenters. The van der Waals surface area contributed by atoms with Crippen LogP contribution in [0.1, 0.15) is 17.2 Å². The molecular weight excluding hydrogens is 242 g/mol. The minimum absolute atomic E-state index is 0.546. The third kappa shape index (κ3) is 2.35. The van der Waals surface area contributed by atoms with Crippen LogP contribution in [-0.4, -0.2) is 10.1 Å². The topological polar surface area (TPSA) is 78.1 Å². The molecule has 0 unspecified atom stereocenters. The van der Waals surface area contributed by atoms with Gasteiger partial charge in [-0.15, -0.1) is 0 Å². The van der Waals surface area contributed by atoms with E-state index in [0.717, 1.165) is 22.6 Å². The van der Waals surface area contributed by atoms with Gasteiger partial charge in [0.05, 0.1) is 18.2 Å².